The van der Waals surface area contributed by atoms with Crippen LogP contribution in [-0.4, -0.2) is 0 Å². The Balaban J connectivity index is 1.56. The average molecular weight is 364 g/mol. The fourth-order valence-electron chi connectivity index (χ4n) is 4.67. The molecular formula is C27H25N. The van der Waals surface area contributed by atoms with Crippen LogP contribution in [0.2, 0.25) is 0 Å². The van der Waals surface area contributed by atoms with Gasteiger partial charge in [-0.1, -0.05) is 67.9 Å². The van der Waals surface area contributed by atoms with E-state index in [2.05, 4.69) is 106 Å². The van der Waals surface area contributed by atoms with E-state index < -0.39 is 0 Å². The molecule has 1 heteroatoms. The fraction of sp³-hybridized carbons (Fsp3) is 0.185. The van der Waals surface area contributed by atoms with Gasteiger partial charge in [-0.2, -0.15) is 0 Å². The van der Waals surface area contributed by atoms with Crippen LogP contribution in [-0.2, 0) is 5.41 Å². The molecule has 5 rings (SSSR count). The predicted octanol–water partition coefficient (Wildman–Crippen LogP) is 7.51. The van der Waals surface area contributed by atoms with E-state index in [1.165, 1.54) is 44.2 Å². The van der Waals surface area contributed by atoms with Gasteiger partial charge in [0.25, 0.3) is 0 Å². The Morgan fingerprint density at radius 1 is 0.679 bits per heavy atom. The monoisotopic (exact) mass is 363 g/mol. The average Bonchev–Trinajstić information content (AvgIpc) is 2.89. The molecule has 0 unspecified atom stereocenters. The zero-order valence-corrected chi connectivity index (χ0v) is 16.9. The minimum absolute atomic E-state index is 0.0215. The van der Waals surface area contributed by atoms with Crippen LogP contribution in [0.25, 0.3) is 21.9 Å². The Bertz CT molecular complexity index is 1230. The maximum Gasteiger partial charge on any atom is 0.0393 e. The molecule has 0 spiro atoms. The van der Waals surface area contributed by atoms with Gasteiger partial charge in [-0.05, 0) is 76.7 Å². The van der Waals surface area contributed by atoms with Crippen molar-refractivity contribution in [2.75, 3.05) is 5.32 Å². The smallest absolute Gasteiger partial charge is 0.0393 e. The van der Waals surface area contributed by atoms with Crippen molar-refractivity contribution in [3.8, 4) is 11.1 Å². The van der Waals surface area contributed by atoms with Gasteiger partial charge in [-0.3, -0.25) is 0 Å². The first-order chi connectivity index (χ1) is 13.4. The summed E-state index contributed by atoms with van der Waals surface area (Å²) in [6, 6.07) is 26.7. The fourth-order valence-corrected chi connectivity index (χ4v) is 4.67. The van der Waals surface area contributed by atoms with Crippen molar-refractivity contribution < 1.29 is 0 Å². The van der Waals surface area contributed by atoms with Crippen molar-refractivity contribution in [1.29, 1.82) is 0 Å². The SMILES string of the molecule is Cc1ccc2c(c1)C(C)(C)c1cc(Nc3cc(C)c4ccccc4c3)ccc1-2. The molecule has 1 N–H and O–H groups in total. The summed E-state index contributed by atoms with van der Waals surface area (Å²) in [5.41, 5.74) is 10.5. The molecule has 4 aromatic rings. The highest BCUT2D eigenvalue weighted by atomic mass is 14.9. The molecule has 138 valence electrons. The quantitative estimate of drug-likeness (QED) is 0.388. The number of nitrogens with one attached hydrogen (secondary N) is 1. The summed E-state index contributed by atoms with van der Waals surface area (Å²) in [5.74, 6) is 0. The van der Waals surface area contributed by atoms with E-state index in [1.54, 1.807) is 0 Å². The van der Waals surface area contributed by atoms with Crippen LogP contribution in [0.3, 0.4) is 0 Å². The van der Waals surface area contributed by atoms with Gasteiger partial charge < -0.3 is 5.32 Å². The summed E-state index contributed by atoms with van der Waals surface area (Å²) >= 11 is 0. The van der Waals surface area contributed by atoms with Crippen molar-refractivity contribution in [2.45, 2.75) is 33.1 Å². The topological polar surface area (TPSA) is 12.0 Å². The zero-order valence-electron chi connectivity index (χ0n) is 16.9. The molecule has 0 atom stereocenters. The standard InChI is InChI=1S/C27H25N/c1-17-9-11-23-24-12-10-20(16-26(24)27(3,4)25(23)13-17)28-21-14-18(2)22-8-6-5-7-19(22)15-21/h5-16,28H,1-4H3. The number of hydrogen-bond acceptors (Lipinski definition) is 1. The van der Waals surface area contributed by atoms with Crippen molar-refractivity contribution in [1.82, 2.24) is 0 Å². The molecule has 4 aromatic carbocycles. The molecule has 0 radical (unpaired) electrons. The number of anilines is 2. The van der Waals surface area contributed by atoms with Crippen LogP contribution in [0.4, 0.5) is 11.4 Å². The van der Waals surface area contributed by atoms with Gasteiger partial charge >= 0.3 is 0 Å². The van der Waals surface area contributed by atoms with Crippen molar-refractivity contribution in [2.24, 2.45) is 0 Å². The number of fused-ring (bicyclic) bond motifs is 4. The van der Waals surface area contributed by atoms with E-state index in [0.717, 1.165) is 11.4 Å². The minimum atomic E-state index is 0.0215. The lowest BCUT2D eigenvalue weighted by atomic mass is 9.82. The lowest BCUT2D eigenvalue weighted by Gasteiger charge is -2.22. The lowest BCUT2D eigenvalue weighted by molar-refractivity contribution is 0.660. The molecule has 0 bridgehead atoms. The molecule has 1 aliphatic carbocycles. The van der Waals surface area contributed by atoms with Gasteiger partial charge in [0.2, 0.25) is 0 Å². The second-order valence-corrected chi connectivity index (χ2v) is 8.57. The summed E-state index contributed by atoms with van der Waals surface area (Å²) in [4.78, 5) is 0. The van der Waals surface area contributed by atoms with Crippen LogP contribution < -0.4 is 5.32 Å². The Labute approximate surface area is 167 Å². The number of aryl methyl sites for hydroxylation is 2. The van der Waals surface area contributed by atoms with Crippen LogP contribution in [0.15, 0.2) is 72.8 Å². The molecule has 0 heterocycles. The first-order valence-corrected chi connectivity index (χ1v) is 9.96. The zero-order chi connectivity index (χ0) is 19.5. The van der Waals surface area contributed by atoms with Crippen molar-refractivity contribution in [3.05, 3.63) is 95.1 Å². The van der Waals surface area contributed by atoms with E-state index in [1.807, 2.05) is 0 Å². The summed E-state index contributed by atoms with van der Waals surface area (Å²) in [6.07, 6.45) is 0. The highest BCUT2D eigenvalue weighted by Gasteiger charge is 2.35. The number of benzene rings is 4. The maximum atomic E-state index is 3.64. The van der Waals surface area contributed by atoms with E-state index >= 15 is 0 Å². The van der Waals surface area contributed by atoms with E-state index in [0.29, 0.717) is 0 Å². The molecule has 1 nitrogen and oxygen atoms in total. The summed E-state index contributed by atoms with van der Waals surface area (Å²) in [7, 11) is 0. The maximum absolute atomic E-state index is 3.64. The van der Waals surface area contributed by atoms with Gasteiger partial charge in [0, 0.05) is 16.8 Å². The van der Waals surface area contributed by atoms with E-state index in [9.17, 15) is 0 Å². The molecule has 1 aliphatic rings. The Hall–Kier alpha value is -3.06. The molecule has 0 amide bonds. The third kappa shape index (κ3) is 2.54. The summed E-state index contributed by atoms with van der Waals surface area (Å²) < 4.78 is 0. The Morgan fingerprint density at radius 2 is 1.39 bits per heavy atom. The van der Waals surface area contributed by atoms with Crippen molar-refractivity contribution in [3.63, 3.8) is 0 Å². The lowest BCUT2D eigenvalue weighted by Crippen LogP contribution is -2.15. The van der Waals surface area contributed by atoms with Crippen LogP contribution in [0.5, 0.6) is 0 Å². The molecule has 0 aromatic heterocycles. The highest BCUT2D eigenvalue weighted by Crippen LogP contribution is 2.49. The van der Waals surface area contributed by atoms with E-state index in [4.69, 9.17) is 0 Å². The van der Waals surface area contributed by atoms with Crippen molar-refractivity contribution >= 4 is 22.1 Å². The van der Waals surface area contributed by atoms with Gasteiger partial charge in [0.1, 0.15) is 0 Å². The Morgan fingerprint density at radius 3 is 2.21 bits per heavy atom. The minimum Gasteiger partial charge on any atom is -0.355 e. The van der Waals surface area contributed by atoms with Crippen LogP contribution >= 0.6 is 0 Å². The van der Waals surface area contributed by atoms with Crippen LogP contribution in [0.1, 0.15) is 36.1 Å². The summed E-state index contributed by atoms with van der Waals surface area (Å²) in [6.45, 7) is 9.02. The van der Waals surface area contributed by atoms with Gasteiger partial charge in [-0.25, -0.2) is 0 Å². The molecule has 28 heavy (non-hydrogen) atoms. The molecule has 0 fully saturated rings. The first-order valence-electron chi connectivity index (χ1n) is 9.96. The second-order valence-electron chi connectivity index (χ2n) is 8.57. The largest absolute Gasteiger partial charge is 0.355 e. The van der Waals surface area contributed by atoms with Crippen LogP contribution in [0, 0.1) is 13.8 Å². The normalized spacial score (nSPS) is 14.0. The molecule has 0 aliphatic heterocycles. The second kappa shape index (κ2) is 5.97. The number of rotatable bonds is 2. The predicted molar refractivity (Wildman–Crippen MR) is 121 cm³/mol. The third-order valence-corrected chi connectivity index (χ3v) is 6.19. The Kier molecular flexibility index (Phi) is 3.64. The van der Waals surface area contributed by atoms with Gasteiger partial charge in [-0.15, -0.1) is 0 Å². The van der Waals surface area contributed by atoms with Gasteiger partial charge in [0.15, 0.2) is 0 Å². The first kappa shape index (κ1) is 17.1. The molecular weight excluding hydrogens is 338 g/mol. The third-order valence-electron chi connectivity index (χ3n) is 6.19. The van der Waals surface area contributed by atoms with Gasteiger partial charge in [0.05, 0.1) is 0 Å². The van der Waals surface area contributed by atoms with E-state index in [-0.39, 0.29) is 5.41 Å². The molecule has 0 saturated heterocycles. The molecule has 0 saturated carbocycles. The highest BCUT2D eigenvalue weighted by molar-refractivity contribution is 5.90. The summed E-state index contributed by atoms with van der Waals surface area (Å²) in [5, 5.41) is 6.23. The number of hydrogen-bond donors (Lipinski definition) is 1.